The Labute approximate surface area is 106 Å². The number of thioether (sulfide) groups is 1. The van der Waals surface area contributed by atoms with Crippen LogP contribution in [0.25, 0.3) is 0 Å². The normalized spacial score (nSPS) is 13.6. The van der Waals surface area contributed by atoms with Gasteiger partial charge in [0.15, 0.2) is 11.3 Å². The summed E-state index contributed by atoms with van der Waals surface area (Å²) in [5, 5.41) is 8.92. The molecule has 0 saturated carbocycles. The lowest BCUT2D eigenvalue weighted by Crippen LogP contribution is -2.30. The second kappa shape index (κ2) is 6.24. The van der Waals surface area contributed by atoms with E-state index in [0.717, 1.165) is 6.42 Å². The standard InChI is InChI=1S/C10H13F3N2O2S/c1-2-3-6-4-8(17)15-9(14-6)18-5-7(16)10(11,12)13/h4,7,16H,2-3,5H2,1H3,(H,14,15,17). The van der Waals surface area contributed by atoms with Crippen molar-refractivity contribution >= 4 is 11.8 Å². The molecule has 4 nitrogen and oxygen atoms in total. The number of hydrogen-bond acceptors (Lipinski definition) is 4. The second-order valence-corrected chi connectivity index (χ2v) is 4.67. The number of aromatic amines is 1. The third kappa shape index (κ3) is 4.69. The summed E-state index contributed by atoms with van der Waals surface area (Å²) in [7, 11) is 0. The van der Waals surface area contributed by atoms with Crippen LogP contribution in [0.5, 0.6) is 0 Å². The highest BCUT2D eigenvalue weighted by molar-refractivity contribution is 7.99. The summed E-state index contributed by atoms with van der Waals surface area (Å²) in [6, 6.07) is 1.31. The zero-order chi connectivity index (χ0) is 13.8. The van der Waals surface area contributed by atoms with Gasteiger partial charge in [0.1, 0.15) is 0 Å². The predicted molar refractivity (Wildman–Crippen MR) is 61.6 cm³/mol. The van der Waals surface area contributed by atoms with E-state index >= 15 is 0 Å². The van der Waals surface area contributed by atoms with Crippen LogP contribution in [0.3, 0.4) is 0 Å². The molecule has 1 heterocycles. The molecule has 0 fully saturated rings. The summed E-state index contributed by atoms with van der Waals surface area (Å²) in [6.07, 6.45) is -5.72. The van der Waals surface area contributed by atoms with Crippen LogP contribution in [0.4, 0.5) is 13.2 Å². The smallest absolute Gasteiger partial charge is 0.383 e. The van der Waals surface area contributed by atoms with E-state index < -0.39 is 23.6 Å². The quantitative estimate of drug-likeness (QED) is 0.637. The Balaban J connectivity index is 2.70. The third-order valence-corrected chi connectivity index (χ3v) is 2.98. The van der Waals surface area contributed by atoms with Crippen LogP contribution in [0, 0.1) is 0 Å². The average molecular weight is 282 g/mol. The number of aliphatic hydroxyl groups excluding tert-OH is 1. The molecule has 2 N–H and O–H groups in total. The van der Waals surface area contributed by atoms with Gasteiger partial charge in [0.25, 0.3) is 5.56 Å². The first kappa shape index (κ1) is 15.0. The number of nitrogens with one attached hydrogen (secondary N) is 1. The third-order valence-electron chi connectivity index (χ3n) is 2.03. The molecule has 1 atom stereocenters. The fourth-order valence-electron chi connectivity index (χ4n) is 1.19. The highest BCUT2D eigenvalue weighted by Gasteiger charge is 2.38. The lowest BCUT2D eigenvalue weighted by molar-refractivity contribution is -0.195. The van der Waals surface area contributed by atoms with Crippen molar-refractivity contribution in [2.24, 2.45) is 0 Å². The number of halogens is 3. The summed E-state index contributed by atoms with van der Waals surface area (Å²) >= 11 is 0.673. The summed E-state index contributed by atoms with van der Waals surface area (Å²) in [5.74, 6) is -0.595. The molecular weight excluding hydrogens is 269 g/mol. The molecule has 0 aliphatic rings. The van der Waals surface area contributed by atoms with E-state index in [9.17, 15) is 18.0 Å². The molecule has 102 valence electrons. The molecule has 1 aromatic rings. The van der Waals surface area contributed by atoms with Crippen LogP contribution >= 0.6 is 11.8 Å². The number of hydrogen-bond donors (Lipinski definition) is 2. The Bertz CT molecular complexity index is 447. The molecule has 8 heteroatoms. The summed E-state index contributed by atoms with van der Waals surface area (Å²) in [4.78, 5) is 17.6. The van der Waals surface area contributed by atoms with E-state index in [1.165, 1.54) is 6.07 Å². The average Bonchev–Trinajstić information content (AvgIpc) is 2.24. The molecule has 0 aliphatic heterocycles. The van der Waals surface area contributed by atoms with Crippen LogP contribution in [0.2, 0.25) is 0 Å². The first-order valence-electron chi connectivity index (χ1n) is 5.30. The van der Waals surface area contributed by atoms with E-state index in [1.54, 1.807) is 0 Å². The van der Waals surface area contributed by atoms with Gasteiger partial charge in [0.05, 0.1) is 0 Å². The molecule has 18 heavy (non-hydrogen) atoms. The van der Waals surface area contributed by atoms with Gasteiger partial charge in [0, 0.05) is 17.5 Å². The maximum atomic E-state index is 12.1. The minimum Gasteiger partial charge on any atom is -0.383 e. The van der Waals surface area contributed by atoms with Gasteiger partial charge in [-0.1, -0.05) is 25.1 Å². The van der Waals surface area contributed by atoms with Gasteiger partial charge < -0.3 is 10.1 Å². The van der Waals surface area contributed by atoms with Crippen LogP contribution < -0.4 is 5.56 Å². The Kier molecular flexibility index (Phi) is 5.21. The number of aliphatic hydroxyl groups is 1. The van der Waals surface area contributed by atoms with E-state index in [-0.39, 0.29) is 5.16 Å². The van der Waals surface area contributed by atoms with Crippen molar-refractivity contribution in [2.45, 2.75) is 37.2 Å². The zero-order valence-electron chi connectivity index (χ0n) is 9.62. The molecule has 0 aromatic carbocycles. The number of aromatic nitrogens is 2. The van der Waals surface area contributed by atoms with E-state index in [2.05, 4.69) is 9.97 Å². The number of nitrogens with zero attached hydrogens (tertiary/aromatic N) is 1. The second-order valence-electron chi connectivity index (χ2n) is 3.66. The van der Waals surface area contributed by atoms with Gasteiger partial charge in [0.2, 0.25) is 0 Å². The summed E-state index contributed by atoms with van der Waals surface area (Å²) in [6.45, 7) is 1.91. The maximum Gasteiger partial charge on any atom is 0.415 e. The van der Waals surface area contributed by atoms with Crippen molar-refractivity contribution in [3.05, 3.63) is 22.1 Å². The lowest BCUT2D eigenvalue weighted by atomic mass is 10.2. The largest absolute Gasteiger partial charge is 0.415 e. The van der Waals surface area contributed by atoms with Gasteiger partial charge in [-0.2, -0.15) is 13.2 Å². The highest BCUT2D eigenvalue weighted by atomic mass is 32.2. The SMILES string of the molecule is CCCc1cc(=O)[nH]c(SCC(O)C(F)(F)F)n1. The highest BCUT2D eigenvalue weighted by Crippen LogP contribution is 2.24. The first-order chi connectivity index (χ1) is 8.32. The minimum atomic E-state index is -4.66. The van der Waals surface area contributed by atoms with Crippen LogP contribution in [0.1, 0.15) is 19.0 Å². The topological polar surface area (TPSA) is 66.0 Å². The predicted octanol–water partition coefficient (Wildman–Crippen LogP) is 1.74. The van der Waals surface area contributed by atoms with Crippen LogP contribution in [-0.2, 0) is 6.42 Å². The van der Waals surface area contributed by atoms with Gasteiger partial charge >= 0.3 is 6.18 Å². The van der Waals surface area contributed by atoms with Crippen molar-refractivity contribution in [3.8, 4) is 0 Å². The van der Waals surface area contributed by atoms with Gasteiger partial charge in [-0.3, -0.25) is 4.79 Å². The summed E-state index contributed by atoms with van der Waals surface area (Å²) < 4.78 is 36.2. The Morgan fingerprint density at radius 2 is 2.22 bits per heavy atom. The Hall–Kier alpha value is -1.02. The molecule has 0 saturated heterocycles. The number of aryl methyl sites for hydroxylation is 1. The van der Waals surface area contributed by atoms with Crippen LogP contribution in [-0.4, -0.2) is 33.1 Å². The van der Waals surface area contributed by atoms with Crippen molar-refractivity contribution in [2.75, 3.05) is 5.75 Å². The first-order valence-corrected chi connectivity index (χ1v) is 6.29. The summed E-state index contributed by atoms with van der Waals surface area (Å²) in [5.41, 5.74) is 0.127. The van der Waals surface area contributed by atoms with Gasteiger partial charge in [-0.25, -0.2) is 4.98 Å². The molecule has 0 amide bonds. The molecule has 1 rings (SSSR count). The maximum absolute atomic E-state index is 12.1. The molecule has 1 aromatic heterocycles. The van der Waals surface area contributed by atoms with Gasteiger partial charge in [-0.05, 0) is 6.42 Å². The van der Waals surface area contributed by atoms with Gasteiger partial charge in [-0.15, -0.1) is 0 Å². The molecule has 1 unspecified atom stereocenters. The Morgan fingerprint density at radius 3 is 2.78 bits per heavy atom. The molecule has 0 spiro atoms. The van der Waals surface area contributed by atoms with Crippen LogP contribution in [0.15, 0.2) is 16.0 Å². The van der Waals surface area contributed by atoms with E-state index in [4.69, 9.17) is 5.11 Å². The van der Waals surface area contributed by atoms with Crippen molar-refractivity contribution in [1.82, 2.24) is 9.97 Å². The molecular formula is C10H13F3N2O2S. The Morgan fingerprint density at radius 1 is 1.56 bits per heavy atom. The molecule has 0 aliphatic carbocycles. The van der Waals surface area contributed by atoms with Crippen molar-refractivity contribution in [1.29, 1.82) is 0 Å². The van der Waals surface area contributed by atoms with Crippen molar-refractivity contribution < 1.29 is 18.3 Å². The van der Waals surface area contributed by atoms with E-state index in [0.29, 0.717) is 23.9 Å². The van der Waals surface area contributed by atoms with Crippen molar-refractivity contribution in [3.63, 3.8) is 0 Å². The lowest BCUT2D eigenvalue weighted by Gasteiger charge is -2.13. The fourth-order valence-corrected chi connectivity index (χ4v) is 2.05. The molecule has 0 radical (unpaired) electrons. The number of alkyl halides is 3. The number of rotatable bonds is 5. The fraction of sp³-hybridized carbons (Fsp3) is 0.600. The molecule has 0 bridgehead atoms. The van der Waals surface area contributed by atoms with E-state index in [1.807, 2.05) is 6.92 Å². The zero-order valence-corrected chi connectivity index (χ0v) is 10.4. The minimum absolute atomic E-state index is 0.0919. The monoisotopic (exact) mass is 282 g/mol. The number of H-pyrrole nitrogens is 1.